The minimum Gasteiger partial charge on any atom is -0.306 e. The molecule has 0 atom stereocenters. The van der Waals surface area contributed by atoms with Crippen molar-refractivity contribution < 1.29 is 4.39 Å². The van der Waals surface area contributed by atoms with E-state index < -0.39 is 11.2 Å². The summed E-state index contributed by atoms with van der Waals surface area (Å²) < 4.78 is 19.0. The number of fused-ring (bicyclic) bond motifs is 1. The number of halogens is 1. The van der Waals surface area contributed by atoms with Crippen LogP contribution < -0.4 is 11.2 Å². The van der Waals surface area contributed by atoms with E-state index in [2.05, 4.69) is 10.1 Å². The summed E-state index contributed by atoms with van der Waals surface area (Å²) in [5.41, 5.74) is 3.14. The van der Waals surface area contributed by atoms with E-state index in [1.807, 2.05) is 20.8 Å². The molecule has 3 aromatic heterocycles. The van der Waals surface area contributed by atoms with Crippen LogP contribution in [-0.4, -0.2) is 28.5 Å². The lowest BCUT2D eigenvalue weighted by Gasteiger charge is -2.09. The Morgan fingerprint density at radius 3 is 2.24 bits per heavy atom. The molecule has 9 heteroatoms. The van der Waals surface area contributed by atoms with Crippen molar-refractivity contribution in [2.24, 2.45) is 14.1 Å². The van der Waals surface area contributed by atoms with Crippen LogP contribution in [-0.2, 0) is 20.6 Å². The molecule has 0 bridgehead atoms. The van der Waals surface area contributed by atoms with Crippen molar-refractivity contribution in [2.75, 3.05) is 0 Å². The quantitative estimate of drug-likeness (QED) is 0.528. The average Bonchev–Trinajstić information content (AvgIpc) is 3.16. The van der Waals surface area contributed by atoms with Gasteiger partial charge in [0, 0.05) is 19.8 Å². The molecule has 0 saturated heterocycles. The van der Waals surface area contributed by atoms with E-state index in [1.165, 1.54) is 16.7 Å². The molecular weight excluding hydrogens is 375 g/mol. The number of aromatic nitrogens is 6. The molecule has 8 nitrogen and oxygen atoms in total. The second-order valence-electron chi connectivity index (χ2n) is 7.21. The Balaban J connectivity index is 1.96. The highest BCUT2D eigenvalue weighted by atomic mass is 19.1. The van der Waals surface area contributed by atoms with Crippen molar-refractivity contribution in [3.63, 3.8) is 0 Å². The van der Waals surface area contributed by atoms with Crippen molar-refractivity contribution in [1.29, 1.82) is 0 Å². The highest BCUT2D eigenvalue weighted by molar-refractivity contribution is 5.72. The minimum atomic E-state index is -0.485. The fraction of sp³-hybridized carbons (Fsp3) is 0.300. The molecule has 0 spiro atoms. The van der Waals surface area contributed by atoms with Gasteiger partial charge < -0.3 is 4.57 Å². The first-order valence-electron chi connectivity index (χ1n) is 9.14. The number of imidazole rings is 1. The number of hydrogen-bond donors (Lipinski definition) is 0. The van der Waals surface area contributed by atoms with Gasteiger partial charge in [-0.15, -0.1) is 0 Å². The maximum absolute atomic E-state index is 13.2. The molecule has 1 aromatic carbocycles. The lowest BCUT2D eigenvalue weighted by molar-refractivity contribution is 0.623. The SMILES string of the molecule is Cc1nn(-c2nc3c(c(=O)n(Cc4ccc(F)cc4)c(=O)n3C)n2C)c(C)c1C. The summed E-state index contributed by atoms with van der Waals surface area (Å²) in [5.74, 6) is 0.0845. The first-order chi connectivity index (χ1) is 13.7. The van der Waals surface area contributed by atoms with Gasteiger partial charge in [0.15, 0.2) is 11.2 Å². The van der Waals surface area contributed by atoms with E-state index in [0.29, 0.717) is 17.0 Å². The maximum Gasteiger partial charge on any atom is 0.332 e. The molecule has 4 aromatic rings. The van der Waals surface area contributed by atoms with Crippen molar-refractivity contribution >= 4 is 11.2 Å². The molecule has 0 aliphatic carbocycles. The van der Waals surface area contributed by atoms with E-state index in [0.717, 1.165) is 21.5 Å². The zero-order valence-corrected chi connectivity index (χ0v) is 16.9. The van der Waals surface area contributed by atoms with Crippen LogP contribution in [0.15, 0.2) is 33.9 Å². The third kappa shape index (κ3) is 2.81. The molecule has 0 aliphatic heterocycles. The monoisotopic (exact) mass is 396 g/mol. The van der Waals surface area contributed by atoms with Crippen LogP contribution in [0.5, 0.6) is 0 Å². The van der Waals surface area contributed by atoms with Crippen LogP contribution in [0.25, 0.3) is 17.1 Å². The number of benzene rings is 1. The molecule has 29 heavy (non-hydrogen) atoms. The van der Waals surface area contributed by atoms with Gasteiger partial charge in [-0.2, -0.15) is 10.1 Å². The van der Waals surface area contributed by atoms with Gasteiger partial charge in [0.1, 0.15) is 5.82 Å². The predicted molar refractivity (Wildman–Crippen MR) is 107 cm³/mol. The van der Waals surface area contributed by atoms with Gasteiger partial charge in [0.05, 0.1) is 12.2 Å². The second kappa shape index (κ2) is 6.54. The summed E-state index contributed by atoms with van der Waals surface area (Å²) in [7, 11) is 3.30. The molecule has 150 valence electrons. The van der Waals surface area contributed by atoms with Gasteiger partial charge in [0.25, 0.3) is 5.56 Å². The summed E-state index contributed by atoms with van der Waals surface area (Å²) in [4.78, 5) is 30.6. The molecule has 0 unspecified atom stereocenters. The third-order valence-electron chi connectivity index (χ3n) is 5.43. The van der Waals surface area contributed by atoms with Gasteiger partial charge in [-0.25, -0.2) is 13.9 Å². The molecule has 0 saturated carbocycles. The van der Waals surface area contributed by atoms with E-state index in [1.54, 1.807) is 35.5 Å². The van der Waals surface area contributed by atoms with E-state index in [4.69, 9.17) is 0 Å². The summed E-state index contributed by atoms with van der Waals surface area (Å²) in [6.45, 7) is 5.86. The zero-order valence-electron chi connectivity index (χ0n) is 16.9. The van der Waals surface area contributed by atoms with Gasteiger partial charge in [-0.3, -0.25) is 13.9 Å². The topological polar surface area (TPSA) is 79.6 Å². The lowest BCUT2D eigenvalue weighted by atomic mass is 10.2. The van der Waals surface area contributed by atoms with Gasteiger partial charge in [-0.1, -0.05) is 12.1 Å². The van der Waals surface area contributed by atoms with Crippen molar-refractivity contribution in [3.05, 3.63) is 73.4 Å². The standard InChI is InChI=1S/C20H21FN6O2/c1-11-12(2)23-27(13(11)3)19-22-17-16(24(19)4)18(28)26(20(29)25(17)5)10-14-6-8-15(21)9-7-14/h6-9H,10H2,1-5H3. The highest BCUT2D eigenvalue weighted by Gasteiger charge is 2.21. The number of hydrogen-bond acceptors (Lipinski definition) is 4. The molecule has 0 radical (unpaired) electrons. The smallest absolute Gasteiger partial charge is 0.306 e. The Labute approximate surface area is 165 Å². The first kappa shape index (κ1) is 18.9. The largest absolute Gasteiger partial charge is 0.332 e. The minimum absolute atomic E-state index is 0.0429. The van der Waals surface area contributed by atoms with Crippen LogP contribution in [0, 0.1) is 26.6 Å². The highest BCUT2D eigenvalue weighted by Crippen LogP contribution is 2.18. The summed E-state index contributed by atoms with van der Waals surface area (Å²) >= 11 is 0. The average molecular weight is 396 g/mol. The van der Waals surface area contributed by atoms with E-state index >= 15 is 0 Å². The Bertz CT molecular complexity index is 1370. The summed E-state index contributed by atoms with van der Waals surface area (Å²) in [6.07, 6.45) is 0. The summed E-state index contributed by atoms with van der Waals surface area (Å²) in [6, 6.07) is 5.71. The van der Waals surface area contributed by atoms with Gasteiger partial charge in [-0.05, 0) is 44.0 Å². The fourth-order valence-corrected chi connectivity index (χ4v) is 3.45. The molecule has 0 N–H and O–H groups in total. The summed E-state index contributed by atoms with van der Waals surface area (Å²) in [5, 5.41) is 4.52. The van der Waals surface area contributed by atoms with E-state index in [-0.39, 0.29) is 18.0 Å². The van der Waals surface area contributed by atoms with Crippen LogP contribution >= 0.6 is 0 Å². The molecule has 4 rings (SSSR count). The normalized spacial score (nSPS) is 11.5. The number of rotatable bonds is 3. The van der Waals surface area contributed by atoms with E-state index in [9.17, 15) is 14.0 Å². The Hall–Kier alpha value is -3.49. The fourth-order valence-electron chi connectivity index (χ4n) is 3.45. The third-order valence-corrected chi connectivity index (χ3v) is 5.43. The molecule has 0 aliphatic rings. The number of aryl methyl sites for hydroxylation is 3. The zero-order chi connectivity index (χ0) is 21.0. The first-order valence-corrected chi connectivity index (χ1v) is 9.14. The lowest BCUT2D eigenvalue weighted by Crippen LogP contribution is -2.39. The van der Waals surface area contributed by atoms with Crippen molar-refractivity contribution in [1.82, 2.24) is 28.5 Å². The predicted octanol–water partition coefficient (Wildman–Crippen LogP) is 1.73. The second-order valence-corrected chi connectivity index (χ2v) is 7.21. The molecule has 3 heterocycles. The van der Waals surface area contributed by atoms with Crippen LogP contribution in [0.3, 0.4) is 0 Å². The molecule has 0 amide bonds. The van der Waals surface area contributed by atoms with Crippen molar-refractivity contribution in [2.45, 2.75) is 27.3 Å². The van der Waals surface area contributed by atoms with Crippen LogP contribution in [0.1, 0.15) is 22.5 Å². The number of nitrogens with zero attached hydrogens (tertiary/aromatic N) is 6. The Kier molecular flexibility index (Phi) is 4.25. The maximum atomic E-state index is 13.2. The van der Waals surface area contributed by atoms with Crippen LogP contribution in [0.2, 0.25) is 0 Å². The Morgan fingerprint density at radius 2 is 1.66 bits per heavy atom. The van der Waals surface area contributed by atoms with Gasteiger partial charge in [0.2, 0.25) is 5.95 Å². The van der Waals surface area contributed by atoms with Crippen molar-refractivity contribution in [3.8, 4) is 5.95 Å². The molecular formula is C20H21FN6O2. The molecule has 0 fully saturated rings. The van der Waals surface area contributed by atoms with Crippen LogP contribution in [0.4, 0.5) is 4.39 Å². The van der Waals surface area contributed by atoms with Gasteiger partial charge >= 0.3 is 5.69 Å². The Morgan fingerprint density at radius 1 is 1.00 bits per heavy atom.